The number of carbonyl (C=O) groups is 3. The fourth-order valence-corrected chi connectivity index (χ4v) is 3.50. The Morgan fingerprint density at radius 2 is 1.87 bits per heavy atom. The zero-order chi connectivity index (χ0) is 22.5. The van der Waals surface area contributed by atoms with Crippen molar-refractivity contribution < 1.29 is 27.9 Å². The summed E-state index contributed by atoms with van der Waals surface area (Å²) in [6.45, 7) is 1.05. The summed E-state index contributed by atoms with van der Waals surface area (Å²) < 4.78 is 31.4. The first-order valence-electron chi connectivity index (χ1n) is 9.34. The summed E-state index contributed by atoms with van der Waals surface area (Å²) in [6.07, 6.45) is 2.70. The lowest BCUT2D eigenvalue weighted by molar-refractivity contribution is -0.146. The number of ether oxygens (including phenoxy) is 1. The molecule has 2 heterocycles. The highest BCUT2D eigenvalue weighted by Crippen LogP contribution is 2.28. The first-order chi connectivity index (χ1) is 14.8. The molecule has 1 saturated heterocycles. The number of nitrogens with one attached hydrogen (secondary N) is 2. The highest BCUT2D eigenvalue weighted by Gasteiger charge is 2.27. The summed E-state index contributed by atoms with van der Waals surface area (Å²) >= 11 is 5.76. The Morgan fingerprint density at radius 1 is 1.19 bits per heavy atom. The lowest BCUT2D eigenvalue weighted by Gasteiger charge is -2.32. The van der Waals surface area contributed by atoms with E-state index in [2.05, 4.69) is 10.3 Å². The van der Waals surface area contributed by atoms with E-state index in [9.17, 15) is 23.2 Å². The molecule has 1 fully saturated rings. The van der Waals surface area contributed by atoms with Gasteiger partial charge in [-0.25, -0.2) is 18.6 Å². The van der Waals surface area contributed by atoms with Gasteiger partial charge in [0, 0.05) is 19.3 Å². The number of esters is 1. The van der Waals surface area contributed by atoms with Crippen molar-refractivity contribution in [3.8, 4) is 0 Å². The Morgan fingerprint density at radius 3 is 2.55 bits per heavy atom. The molecule has 3 amide bonds. The zero-order valence-corrected chi connectivity index (χ0v) is 17.2. The number of aromatic nitrogens is 1. The number of rotatable bonds is 4. The quantitative estimate of drug-likeness (QED) is 0.545. The maximum atomic E-state index is 13.4. The second kappa shape index (κ2) is 9.69. The van der Waals surface area contributed by atoms with E-state index in [1.54, 1.807) is 18.3 Å². The summed E-state index contributed by atoms with van der Waals surface area (Å²) in [5, 5.41) is 4.21. The Balaban J connectivity index is 1.67. The molecule has 164 valence electrons. The van der Waals surface area contributed by atoms with E-state index in [1.807, 2.05) is 10.2 Å². The van der Waals surface area contributed by atoms with E-state index in [4.69, 9.17) is 16.3 Å². The number of piperidine rings is 1. The number of halogens is 3. The van der Waals surface area contributed by atoms with Gasteiger partial charge in [0.2, 0.25) is 0 Å². The standard InChI is InChI=1S/C20H19ClF2N4O4/c1-31-19(29)11-4-7-27(8-5-11)17-16(3-2-6-24-17)25-20(30)26-18(28)12-9-14(22)15(23)10-13(12)21/h2-3,6,9-11H,4-5,7-8H2,1H3,(H2,25,26,28,30). The lowest BCUT2D eigenvalue weighted by atomic mass is 9.97. The number of imide groups is 1. The molecule has 0 atom stereocenters. The molecule has 0 bridgehead atoms. The van der Waals surface area contributed by atoms with Gasteiger partial charge in [0.15, 0.2) is 17.5 Å². The van der Waals surface area contributed by atoms with Gasteiger partial charge in [-0.15, -0.1) is 0 Å². The van der Waals surface area contributed by atoms with Crippen molar-refractivity contribution in [2.45, 2.75) is 12.8 Å². The van der Waals surface area contributed by atoms with Crippen LogP contribution in [0.1, 0.15) is 23.2 Å². The molecule has 1 aliphatic rings. The SMILES string of the molecule is COC(=O)C1CCN(c2ncccc2NC(=O)NC(=O)c2cc(F)c(F)cc2Cl)CC1. The Kier molecular flexibility index (Phi) is 7.01. The third kappa shape index (κ3) is 5.26. The molecule has 3 rings (SSSR count). The molecule has 0 unspecified atom stereocenters. The number of amides is 3. The maximum absolute atomic E-state index is 13.4. The second-order valence-electron chi connectivity index (χ2n) is 6.81. The van der Waals surface area contributed by atoms with E-state index in [0.717, 1.165) is 0 Å². The number of nitrogens with zero attached hydrogens (tertiary/aromatic N) is 2. The molecular formula is C20H19ClF2N4O4. The molecule has 0 aliphatic carbocycles. The van der Waals surface area contributed by atoms with Crippen LogP contribution in [0, 0.1) is 17.6 Å². The number of benzene rings is 1. The highest BCUT2D eigenvalue weighted by molar-refractivity contribution is 6.34. The van der Waals surface area contributed by atoms with Crippen molar-refractivity contribution in [2.75, 3.05) is 30.4 Å². The number of hydrogen-bond donors (Lipinski definition) is 2. The number of pyridine rings is 1. The molecule has 2 aromatic rings. The third-order valence-electron chi connectivity index (χ3n) is 4.85. The molecule has 1 aromatic heterocycles. The van der Waals surface area contributed by atoms with Gasteiger partial charge in [0.25, 0.3) is 5.91 Å². The molecule has 1 aromatic carbocycles. The largest absolute Gasteiger partial charge is 0.469 e. The van der Waals surface area contributed by atoms with Crippen LogP contribution >= 0.6 is 11.6 Å². The molecule has 2 N–H and O–H groups in total. The fourth-order valence-electron chi connectivity index (χ4n) is 3.26. The van der Waals surface area contributed by atoms with Crippen LogP contribution in [-0.2, 0) is 9.53 Å². The number of anilines is 2. The molecule has 11 heteroatoms. The van der Waals surface area contributed by atoms with Gasteiger partial charge in [0.1, 0.15) is 0 Å². The highest BCUT2D eigenvalue weighted by atomic mass is 35.5. The summed E-state index contributed by atoms with van der Waals surface area (Å²) in [6, 6.07) is 3.57. The van der Waals surface area contributed by atoms with Crippen LogP contribution in [0.4, 0.5) is 25.1 Å². The number of urea groups is 1. The van der Waals surface area contributed by atoms with Crippen LogP contribution in [-0.4, -0.2) is 43.1 Å². The first-order valence-corrected chi connectivity index (χ1v) is 9.72. The molecule has 0 radical (unpaired) electrons. The van der Waals surface area contributed by atoms with Gasteiger partial charge in [-0.3, -0.25) is 14.9 Å². The van der Waals surface area contributed by atoms with Crippen molar-refractivity contribution in [1.29, 1.82) is 0 Å². The van der Waals surface area contributed by atoms with Crippen molar-refractivity contribution in [3.63, 3.8) is 0 Å². The van der Waals surface area contributed by atoms with Gasteiger partial charge in [0.05, 0.1) is 29.3 Å². The van der Waals surface area contributed by atoms with E-state index >= 15 is 0 Å². The van der Waals surface area contributed by atoms with E-state index in [-0.39, 0.29) is 22.5 Å². The Bertz CT molecular complexity index is 1010. The molecule has 1 aliphatic heterocycles. The molecule has 31 heavy (non-hydrogen) atoms. The van der Waals surface area contributed by atoms with E-state index in [1.165, 1.54) is 7.11 Å². The van der Waals surface area contributed by atoms with Gasteiger partial charge < -0.3 is 15.0 Å². The second-order valence-corrected chi connectivity index (χ2v) is 7.22. The van der Waals surface area contributed by atoms with Crippen molar-refractivity contribution in [2.24, 2.45) is 5.92 Å². The van der Waals surface area contributed by atoms with Crippen LogP contribution < -0.4 is 15.5 Å². The van der Waals surface area contributed by atoms with Crippen molar-refractivity contribution in [1.82, 2.24) is 10.3 Å². The van der Waals surface area contributed by atoms with Crippen LogP contribution in [0.3, 0.4) is 0 Å². The Hall–Kier alpha value is -3.27. The number of hydrogen-bond acceptors (Lipinski definition) is 6. The molecule has 8 nitrogen and oxygen atoms in total. The first kappa shape index (κ1) is 22.4. The lowest BCUT2D eigenvalue weighted by Crippen LogP contribution is -2.38. The van der Waals surface area contributed by atoms with Crippen LogP contribution in [0.2, 0.25) is 5.02 Å². The van der Waals surface area contributed by atoms with Crippen molar-refractivity contribution >= 4 is 41.0 Å². The Labute approximate surface area is 181 Å². The third-order valence-corrected chi connectivity index (χ3v) is 5.16. The minimum atomic E-state index is -1.26. The fraction of sp³-hybridized carbons (Fsp3) is 0.300. The van der Waals surface area contributed by atoms with Crippen LogP contribution in [0.25, 0.3) is 0 Å². The van der Waals surface area contributed by atoms with Crippen molar-refractivity contribution in [3.05, 3.63) is 52.7 Å². The zero-order valence-electron chi connectivity index (χ0n) is 16.5. The minimum absolute atomic E-state index is 0.192. The van der Waals surface area contributed by atoms with Crippen LogP contribution in [0.5, 0.6) is 0 Å². The summed E-state index contributed by atoms with van der Waals surface area (Å²) in [7, 11) is 1.35. The minimum Gasteiger partial charge on any atom is -0.469 e. The van der Waals surface area contributed by atoms with E-state index in [0.29, 0.717) is 49.6 Å². The molecule has 0 saturated carbocycles. The topological polar surface area (TPSA) is 101 Å². The summed E-state index contributed by atoms with van der Waals surface area (Å²) in [5.74, 6) is -3.44. The van der Waals surface area contributed by atoms with Gasteiger partial charge in [-0.2, -0.15) is 0 Å². The van der Waals surface area contributed by atoms with Gasteiger partial charge in [-0.1, -0.05) is 11.6 Å². The number of carbonyl (C=O) groups excluding carboxylic acids is 3. The number of methoxy groups -OCH3 is 1. The maximum Gasteiger partial charge on any atom is 0.326 e. The smallest absolute Gasteiger partial charge is 0.326 e. The summed E-state index contributed by atoms with van der Waals surface area (Å²) in [4.78, 5) is 42.4. The molecule has 0 spiro atoms. The predicted molar refractivity (Wildman–Crippen MR) is 109 cm³/mol. The summed E-state index contributed by atoms with van der Waals surface area (Å²) in [5.41, 5.74) is -0.0484. The van der Waals surface area contributed by atoms with Gasteiger partial charge >= 0.3 is 12.0 Å². The van der Waals surface area contributed by atoms with Crippen LogP contribution in [0.15, 0.2) is 30.5 Å². The van der Waals surface area contributed by atoms with E-state index < -0.39 is 23.6 Å². The van der Waals surface area contributed by atoms with Gasteiger partial charge in [-0.05, 0) is 37.1 Å². The predicted octanol–water partition coefficient (Wildman–Crippen LogP) is 3.36. The average Bonchev–Trinajstić information content (AvgIpc) is 2.76. The monoisotopic (exact) mass is 452 g/mol. The normalized spacial score (nSPS) is 14.1. The molecular weight excluding hydrogens is 434 g/mol. The average molecular weight is 453 g/mol.